The van der Waals surface area contributed by atoms with Gasteiger partial charge in [0.15, 0.2) is 5.82 Å². The maximum Gasteiger partial charge on any atom is 0.159 e. The smallest absolute Gasteiger partial charge is 0.159 e. The summed E-state index contributed by atoms with van der Waals surface area (Å²) in [5.41, 5.74) is 3.39. The topological polar surface area (TPSA) is 25.8 Å². The fraction of sp³-hybridized carbons (Fsp3) is 0.545. The molecule has 3 heteroatoms. The van der Waals surface area contributed by atoms with Crippen molar-refractivity contribution in [1.82, 2.24) is 9.97 Å². The Balaban J connectivity index is 1.67. The number of halogens is 1. The largest absolute Gasteiger partial charge is 0.236 e. The first-order valence-corrected chi connectivity index (χ1v) is 9.80. The first kappa shape index (κ1) is 18.0. The molecule has 2 atom stereocenters. The average molecular weight is 340 g/mol. The van der Waals surface area contributed by atoms with Crippen LogP contribution in [0.3, 0.4) is 0 Å². The monoisotopic (exact) mass is 340 g/mol. The van der Waals surface area contributed by atoms with Crippen molar-refractivity contribution in [1.29, 1.82) is 0 Å². The van der Waals surface area contributed by atoms with Crippen LogP contribution in [0.15, 0.2) is 30.5 Å². The predicted octanol–water partition coefficient (Wildman–Crippen LogP) is 5.99. The lowest BCUT2D eigenvalue weighted by Crippen LogP contribution is -2.19. The van der Waals surface area contributed by atoms with Crippen LogP contribution in [0.25, 0.3) is 11.4 Å². The van der Waals surface area contributed by atoms with E-state index in [0.717, 1.165) is 30.2 Å². The van der Waals surface area contributed by atoms with Gasteiger partial charge < -0.3 is 0 Å². The zero-order chi connectivity index (χ0) is 17.6. The van der Waals surface area contributed by atoms with Crippen LogP contribution in [0.4, 0.5) is 4.39 Å². The number of fused-ring (bicyclic) bond motifs is 1. The van der Waals surface area contributed by atoms with Crippen LogP contribution < -0.4 is 0 Å². The number of aryl methyl sites for hydroxylation is 1. The third kappa shape index (κ3) is 4.65. The van der Waals surface area contributed by atoms with Gasteiger partial charge in [-0.25, -0.2) is 14.4 Å². The van der Waals surface area contributed by atoms with Gasteiger partial charge in [0.1, 0.15) is 5.82 Å². The minimum Gasteiger partial charge on any atom is -0.236 e. The number of unbranched alkanes of at least 4 members (excludes halogenated alkanes) is 1. The third-order valence-corrected chi connectivity index (χ3v) is 5.56. The lowest BCUT2D eigenvalue weighted by Gasteiger charge is -2.27. The molecule has 0 saturated heterocycles. The Morgan fingerprint density at radius 1 is 1.20 bits per heavy atom. The van der Waals surface area contributed by atoms with Crippen LogP contribution in [0, 0.1) is 17.7 Å². The average Bonchev–Trinajstić information content (AvgIpc) is 2.65. The van der Waals surface area contributed by atoms with Crippen LogP contribution >= 0.6 is 0 Å². The Hall–Kier alpha value is -1.77. The van der Waals surface area contributed by atoms with Gasteiger partial charge in [0.2, 0.25) is 0 Å². The van der Waals surface area contributed by atoms with E-state index in [1.807, 2.05) is 6.20 Å². The van der Waals surface area contributed by atoms with E-state index in [1.165, 1.54) is 61.9 Å². The number of rotatable bonds is 7. The van der Waals surface area contributed by atoms with Crippen LogP contribution in [-0.2, 0) is 12.8 Å². The molecule has 0 N–H and O–H groups in total. The molecule has 0 saturated carbocycles. The van der Waals surface area contributed by atoms with E-state index in [1.54, 1.807) is 12.1 Å². The standard InChI is InChI=1S/C22H29FN2/c1-3-5-6-16(4-2)13-17-7-12-21-19(14-17)15-24-22(25-21)18-8-10-20(23)11-9-18/h8-11,15-17H,3-7,12-14H2,1-2H3. The summed E-state index contributed by atoms with van der Waals surface area (Å²) in [6.07, 6.45) is 12.0. The van der Waals surface area contributed by atoms with Crippen molar-refractivity contribution in [2.24, 2.45) is 11.8 Å². The molecule has 0 spiro atoms. The lowest BCUT2D eigenvalue weighted by molar-refractivity contribution is 0.311. The SMILES string of the molecule is CCCCC(CC)CC1CCc2nc(-c3ccc(F)cc3)ncc2C1. The second kappa shape index (κ2) is 8.55. The van der Waals surface area contributed by atoms with Crippen molar-refractivity contribution < 1.29 is 4.39 Å². The highest BCUT2D eigenvalue weighted by Crippen LogP contribution is 2.32. The summed E-state index contributed by atoms with van der Waals surface area (Å²) in [4.78, 5) is 9.30. The first-order chi connectivity index (χ1) is 12.2. The van der Waals surface area contributed by atoms with Crippen molar-refractivity contribution in [3.63, 3.8) is 0 Å². The van der Waals surface area contributed by atoms with E-state index in [9.17, 15) is 4.39 Å². The summed E-state index contributed by atoms with van der Waals surface area (Å²) in [6.45, 7) is 4.61. The minimum atomic E-state index is -0.224. The van der Waals surface area contributed by atoms with Crippen molar-refractivity contribution in [2.45, 2.75) is 65.2 Å². The summed E-state index contributed by atoms with van der Waals surface area (Å²) in [6, 6.07) is 6.44. The van der Waals surface area contributed by atoms with Gasteiger partial charge >= 0.3 is 0 Å². The molecule has 0 amide bonds. The van der Waals surface area contributed by atoms with Crippen LogP contribution in [0.5, 0.6) is 0 Å². The summed E-state index contributed by atoms with van der Waals surface area (Å²) in [7, 11) is 0. The van der Waals surface area contributed by atoms with Gasteiger partial charge in [0, 0.05) is 17.5 Å². The molecule has 0 fully saturated rings. The molecular formula is C22H29FN2. The maximum atomic E-state index is 13.1. The summed E-state index contributed by atoms with van der Waals surface area (Å²) < 4.78 is 13.1. The maximum absolute atomic E-state index is 13.1. The number of hydrogen-bond donors (Lipinski definition) is 0. The zero-order valence-corrected chi connectivity index (χ0v) is 15.5. The molecule has 1 aromatic heterocycles. The van der Waals surface area contributed by atoms with Crippen molar-refractivity contribution in [2.75, 3.05) is 0 Å². The Kier molecular flexibility index (Phi) is 6.17. The molecule has 0 aliphatic heterocycles. The fourth-order valence-corrected chi connectivity index (χ4v) is 3.98. The first-order valence-electron chi connectivity index (χ1n) is 9.80. The fourth-order valence-electron chi connectivity index (χ4n) is 3.98. The molecule has 1 aromatic carbocycles. The molecular weight excluding hydrogens is 311 g/mol. The van der Waals surface area contributed by atoms with Crippen LogP contribution in [0.2, 0.25) is 0 Å². The quantitative estimate of drug-likeness (QED) is 0.618. The van der Waals surface area contributed by atoms with Gasteiger partial charge in [-0.15, -0.1) is 0 Å². The van der Waals surface area contributed by atoms with Gasteiger partial charge in [-0.2, -0.15) is 0 Å². The summed E-state index contributed by atoms with van der Waals surface area (Å²) in [5.74, 6) is 2.13. The Bertz CT molecular complexity index is 681. The summed E-state index contributed by atoms with van der Waals surface area (Å²) in [5, 5.41) is 0. The van der Waals surface area contributed by atoms with E-state index in [-0.39, 0.29) is 5.82 Å². The van der Waals surface area contributed by atoms with Crippen LogP contribution in [0.1, 0.15) is 63.6 Å². The van der Waals surface area contributed by atoms with Gasteiger partial charge in [0.05, 0.1) is 0 Å². The molecule has 0 bridgehead atoms. The Morgan fingerprint density at radius 3 is 2.72 bits per heavy atom. The number of benzene rings is 1. The molecule has 134 valence electrons. The van der Waals surface area contributed by atoms with Crippen molar-refractivity contribution in [3.8, 4) is 11.4 Å². The van der Waals surface area contributed by atoms with E-state index in [2.05, 4.69) is 18.8 Å². The Morgan fingerprint density at radius 2 is 2.00 bits per heavy atom. The molecule has 2 unspecified atom stereocenters. The number of hydrogen-bond acceptors (Lipinski definition) is 2. The summed E-state index contributed by atoms with van der Waals surface area (Å²) >= 11 is 0. The van der Waals surface area contributed by atoms with Gasteiger partial charge in [-0.3, -0.25) is 0 Å². The van der Waals surface area contributed by atoms with E-state index >= 15 is 0 Å². The van der Waals surface area contributed by atoms with Crippen LogP contribution in [-0.4, -0.2) is 9.97 Å². The molecule has 1 heterocycles. The zero-order valence-electron chi connectivity index (χ0n) is 15.5. The van der Waals surface area contributed by atoms with Gasteiger partial charge in [-0.1, -0.05) is 39.5 Å². The molecule has 2 nitrogen and oxygen atoms in total. The van der Waals surface area contributed by atoms with Crippen molar-refractivity contribution >= 4 is 0 Å². The normalized spacial score (nSPS) is 18.0. The molecule has 1 aliphatic carbocycles. The lowest BCUT2D eigenvalue weighted by atomic mass is 9.79. The molecule has 3 rings (SSSR count). The highest BCUT2D eigenvalue weighted by molar-refractivity contribution is 5.55. The number of aromatic nitrogens is 2. The van der Waals surface area contributed by atoms with E-state index in [0.29, 0.717) is 5.82 Å². The number of nitrogens with zero attached hydrogens (tertiary/aromatic N) is 2. The molecule has 25 heavy (non-hydrogen) atoms. The van der Waals surface area contributed by atoms with Gasteiger partial charge in [0.25, 0.3) is 0 Å². The minimum absolute atomic E-state index is 0.224. The van der Waals surface area contributed by atoms with Gasteiger partial charge in [-0.05, 0) is 67.3 Å². The second-order valence-electron chi connectivity index (χ2n) is 7.43. The molecule has 0 radical (unpaired) electrons. The Labute approximate surface area is 150 Å². The molecule has 2 aromatic rings. The van der Waals surface area contributed by atoms with E-state index < -0.39 is 0 Å². The second-order valence-corrected chi connectivity index (χ2v) is 7.43. The highest BCUT2D eigenvalue weighted by atomic mass is 19.1. The van der Waals surface area contributed by atoms with E-state index in [4.69, 9.17) is 4.98 Å². The van der Waals surface area contributed by atoms with Crippen molar-refractivity contribution in [3.05, 3.63) is 47.5 Å². The highest BCUT2D eigenvalue weighted by Gasteiger charge is 2.23. The predicted molar refractivity (Wildman–Crippen MR) is 101 cm³/mol. The molecule has 1 aliphatic rings. The third-order valence-electron chi connectivity index (χ3n) is 5.56.